The Bertz CT molecular complexity index is 526. The van der Waals surface area contributed by atoms with Gasteiger partial charge in [-0.25, -0.2) is 0 Å². The fraction of sp³-hybridized carbons (Fsp3) is 0.471. The van der Waals surface area contributed by atoms with Crippen LogP contribution in [0.1, 0.15) is 43.1 Å². The fourth-order valence-corrected chi connectivity index (χ4v) is 2.25. The average molecular weight is 287 g/mol. The van der Waals surface area contributed by atoms with Crippen molar-refractivity contribution in [3.8, 4) is 5.75 Å². The Balaban J connectivity index is 1.82. The standard InChI is InChI=1S/C17H25N3O/c1-4-5-6-11-21-16-9-7-15(8-10-16)12-18-17-13(2)19-20-14(17)3/h7-10,18H,4-6,11-12H2,1-3H3,(H,19,20). The van der Waals surface area contributed by atoms with Gasteiger partial charge in [-0.3, -0.25) is 5.10 Å². The van der Waals surface area contributed by atoms with Crippen molar-refractivity contribution in [2.24, 2.45) is 0 Å². The number of hydrogen-bond donors (Lipinski definition) is 2. The maximum absolute atomic E-state index is 5.72. The minimum absolute atomic E-state index is 0.789. The van der Waals surface area contributed by atoms with Gasteiger partial charge in [0.25, 0.3) is 0 Å². The molecular weight excluding hydrogens is 262 g/mol. The van der Waals surface area contributed by atoms with Crippen LogP contribution in [-0.2, 0) is 6.54 Å². The molecule has 0 fully saturated rings. The summed E-state index contributed by atoms with van der Waals surface area (Å²) in [5.74, 6) is 0.950. The van der Waals surface area contributed by atoms with E-state index in [4.69, 9.17) is 4.74 Å². The van der Waals surface area contributed by atoms with Gasteiger partial charge in [-0.05, 0) is 38.0 Å². The molecule has 0 saturated carbocycles. The van der Waals surface area contributed by atoms with E-state index in [0.717, 1.165) is 42.4 Å². The molecule has 0 radical (unpaired) electrons. The number of nitrogens with one attached hydrogen (secondary N) is 2. The van der Waals surface area contributed by atoms with E-state index in [1.54, 1.807) is 0 Å². The molecule has 1 aromatic heterocycles. The fourth-order valence-electron chi connectivity index (χ4n) is 2.25. The summed E-state index contributed by atoms with van der Waals surface area (Å²) in [6, 6.07) is 8.29. The molecule has 21 heavy (non-hydrogen) atoms. The SMILES string of the molecule is CCCCCOc1ccc(CNc2c(C)n[nH]c2C)cc1. The van der Waals surface area contributed by atoms with Gasteiger partial charge in [0.1, 0.15) is 5.75 Å². The molecule has 0 unspecified atom stereocenters. The van der Waals surface area contributed by atoms with Crippen molar-refractivity contribution in [1.82, 2.24) is 10.2 Å². The minimum atomic E-state index is 0.789. The van der Waals surface area contributed by atoms with Gasteiger partial charge in [0.2, 0.25) is 0 Å². The summed E-state index contributed by atoms with van der Waals surface area (Å²) in [5, 5.41) is 10.6. The number of aryl methyl sites for hydroxylation is 2. The molecule has 0 aliphatic carbocycles. The largest absolute Gasteiger partial charge is 0.494 e. The van der Waals surface area contributed by atoms with Crippen LogP contribution in [0.2, 0.25) is 0 Å². The molecule has 1 aromatic carbocycles. The lowest BCUT2D eigenvalue weighted by atomic mass is 10.2. The average Bonchev–Trinajstić information content (AvgIpc) is 2.82. The second-order valence-corrected chi connectivity index (χ2v) is 5.36. The Kier molecular flexibility index (Phi) is 5.67. The first-order valence-electron chi connectivity index (χ1n) is 7.68. The smallest absolute Gasteiger partial charge is 0.119 e. The number of aromatic amines is 1. The molecule has 0 bridgehead atoms. The molecule has 0 saturated heterocycles. The maximum Gasteiger partial charge on any atom is 0.119 e. The van der Waals surface area contributed by atoms with Crippen LogP contribution < -0.4 is 10.1 Å². The summed E-state index contributed by atoms with van der Waals surface area (Å²) < 4.78 is 5.72. The Labute approximate surface area is 126 Å². The van der Waals surface area contributed by atoms with Crippen molar-refractivity contribution < 1.29 is 4.74 Å². The molecule has 1 heterocycles. The van der Waals surface area contributed by atoms with Crippen LogP contribution in [0.4, 0.5) is 5.69 Å². The zero-order valence-electron chi connectivity index (χ0n) is 13.2. The lowest BCUT2D eigenvalue weighted by molar-refractivity contribution is 0.306. The third-order valence-corrected chi connectivity index (χ3v) is 3.54. The molecule has 0 atom stereocenters. The van der Waals surface area contributed by atoms with Gasteiger partial charge in [-0.15, -0.1) is 0 Å². The molecule has 2 N–H and O–H groups in total. The van der Waals surface area contributed by atoms with Crippen LogP contribution in [-0.4, -0.2) is 16.8 Å². The van der Waals surface area contributed by atoms with E-state index in [0.29, 0.717) is 0 Å². The normalized spacial score (nSPS) is 10.6. The molecule has 4 heteroatoms. The Morgan fingerprint density at radius 3 is 2.52 bits per heavy atom. The second kappa shape index (κ2) is 7.72. The van der Waals surface area contributed by atoms with Gasteiger partial charge >= 0.3 is 0 Å². The minimum Gasteiger partial charge on any atom is -0.494 e. The van der Waals surface area contributed by atoms with Gasteiger partial charge in [0, 0.05) is 6.54 Å². The molecule has 0 aliphatic heterocycles. The highest BCUT2D eigenvalue weighted by Gasteiger charge is 2.05. The summed E-state index contributed by atoms with van der Waals surface area (Å²) in [6.45, 7) is 7.82. The third-order valence-electron chi connectivity index (χ3n) is 3.54. The van der Waals surface area contributed by atoms with E-state index < -0.39 is 0 Å². The molecule has 0 amide bonds. The van der Waals surface area contributed by atoms with E-state index in [1.807, 2.05) is 26.0 Å². The maximum atomic E-state index is 5.72. The molecule has 2 aromatic rings. The number of nitrogens with zero attached hydrogens (tertiary/aromatic N) is 1. The zero-order chi connectivity index (χ0) is 15.1. The van der Waals surface area contributed by atoms with E-state index in [1.165, 1.54) is 18.4 Å². The summed E-state index contributed by atoms with van der Waals surface area (Å²) in [7, 11) is 0. The molecule has 2 rings (SSSR count). The van der Waals surface area contributed by atoms with Crippen LogP contribution >= 0.6 is 0 Å². The van der Waals surface area contributed by atoms with Crippen LogP contribution in [0.3, 0.4) is 0 Å². The summed E-state index contributed by atoms with van der Waals surface area (Å²) in [5.41, 5.74) is 4.40. The number of hydrogen-bond acceptors (Lipinski definition) is 3. The van der Waals surface area contributed by atoms with E-state index in [2.05, 4.69) is 34.6 Å². The summed E-state index contributed by atoms with van der Waals surface area (Å²) in [6.07, 6.45) is 3.57. The van der Waals surface area contributed by atoms with Crippen molar-refractivity contribution in [2.45, 2.75) is 46.6 Å². The van der Waals surface area contributed by atoms with E-state index >= 15 is 0 Å². The number of unbranched alkanes of at least 4 members (excludes halogenated alkanes) is 2. The van der Waals surface area contributed by atoms with Gasteiger partial charge in [0.15, 0.2) is 0 Å². The zero-order valence-corrected chi connectivity index (χ0v) is 13.2. The van der Waals surface area contributed by atoms with E-state index in [-0.39, 0.29) is 0 Å². The van der Waals surface area contributed by atoms with Crippen molar-refractivity contribution in [3.05, 3.63) is 41.2 Å². The molecule has 0 spiro atoms. The predicted octanol–water partition coefficient (Wildman–Crippen LogP) is 4.21. The van der Waals surface area contributed by atoms with Crippen molar-refractivity contribution >= 4 is 5.69 Å². The Morgan fingerprint density at radius 1 is 1.14 bits per heavy atom. The van der Waals surface area contributed by atoms with Crippen molar-refractivity contribution in [3.63, 3.8) is 0 Å². The Hall–Kier alpha value is -1.97. The highest BCUT2D eigenvalue weighted by atomic mass is 16.5. The highest BCUT2D eigenvalue weighted by Crippen LogP contribution is 2.18. The number of aromatic nitrogens is 2. The molecule has 0 aliphatic rings. The number of anilines is 1. The molecule has 114 valence electrons. The van der Waals surface area contributed by atoms with Gasteiger partial charge < -0.3 is 10.1 Å². The molecular formula is C17H25N3O. The summed E-state index contributed by atoms with van der Waals surface area (Å²) in [4.78, 5) is 0. The van der Waals surface area contributed by atoms with Gasteiger partial charge in [-0.2, -0.15) is 5.10 Å². The van der Waals surface area contributed by atoms with Gasteiger partial charge in [-0.1, -0.05) is 31.9 Å². The number of H-pyrrole nitrogens is 1. The van der Waals surface area contributed by atoms with E-state index in [9.17, 15) is 0 Å². The number of rotatable bonds is 8. The lowest BCUT2D eigenvalue weighted by Crippen LogP contribution is -2.01. The first-order valence-corrected chi connectivity index (χ1v) is 7.68. The van der Waals surface area contributed by atoms with Crippen LogP contribution in [0.25, 0.3) is 0 Å². The van der Waals surface area contributed by atoms with Crippen LogP contribution in [0, 0.1) is 13.8 Å². The topological polar surface area (TPSA) is 49.9 Å². The first kappa shape index (κ1) is 15.4. The van der Waals surface area contributed by atoms with Gasteiger partial charge in [0.05, 0.1) is 23.7 Å². The highest BCUT2D eigenvalue weighted by molar-refractivity contribution is 5.51. The third kappa shape index (κ3) is 4.52. The van der Waals surface area contributed by atoms with Crippen LogP contribution in [0.15, 0.2) is 24.3 Å². The summed E-state index contributed by atoms with van der Waals surface area (Å²) >= 11 is 0. The van der Waals surface area contributed by atoms with Crippen molar-refractivity contribution in [2.75, 3.05) is 11.9 Å². The first-order chi connectivity index (χ1) is 10.2. The second-order valence-electron chi connectivity index (χ2n) is 5.36. The predicted molar refractivity (Wildman–Crippen MR) is 86.9 cm³/mol. The number of benzene rings is 1. The lowest BCUT2D eigenvalue weighted by Gasteiger charge is -2.09. The Morgan fingerprint density at radius 2 is 1.90 bits per heavy atom. The number of ether oxygens (including phenoxy) is 1. The van der Waals surface area contributed by atoms with Crippen LogP contribution in [0.5, 0.6) is 5.75 Å². The molecule has 4 nitrogen and oxygen atoms in total. The monoisotopic (exact) mass is 287 g/mol. The quantitative estimate of drug-likeness (QED) is 0.715. The van der Waals surface area contributed by atoms with Crippen molar-refractivity contribution in [1.29, 1.82) is 0 Å².